The number of rotatable bonds is 7. The number of nitrogens with zero attached hydrogens (tertiary/aromatic N) is 2. The van der Waals surface area contributed by atoms with Crippen molar-refractivity contribution in [2.75, 3.05) is 10.6 Å². The first-order chi connectivity index (χ1) is 16.3. The van der Waals surface area contributed by atoms with Crippen LogP contribution in [0.3, 0.4) is 0 Å². The van der Waals surface area contributed by atoms with Crippen LogP contribution in [0.15, 0.2) is 61.3 Å². The Hall–Kier alpha value is -4.34. The Morgan fingerprint density at radius 1 is 1.09 bits per heavy atom. The molecule has 0 saturated heterocycles. The Balaban J connectivity index is 1.21. The van der Waals surface area contributed by atoms with Gasteiger partial charge in [-0.25, -0.2) is 9.37 Å². The van der Waals surface area contributed by atoms with Gasteiger partial charge in [0.1, 0.15) is 11.5 Å². The largest absolute Gasteiger partial charge is 0.347 e. The standard InChI is InChI=1S/C24H21FN6O3/c1-2-20(32)30-24-11-23(12-24,13-24)22(34)29-16-7-6-14(10-15(16)25)27-21(33)19-5-3-4-17(28-19)18-8-9-26-31-18/h2-10H,1,11-13H2,(H,26,31)(H,27,33)(H,29,34)(H,30,32). The van der Waals surface area contributed by atoms with Gasteiger partial charge in [-0.05, 0) is 61.7 Å². The smallest absolute Gasteiger partial charge is 0.274 e. The third kappa shape index (κ3) is 3.72. The second-order valence-corrected chi connectivity index (χ2v) is 8.77. The minimum Gasteiger partial charge on any atom is -0.347 e. The Morgan fingerprint density at radius 3 is 2.56 bits per heavy atom. The highest BCUT2D eigenvalue weighted by Gasteiger charge is 2.72. The SMILES string of the molecule is C=CC(=O)NC12CC(C(=O)Nc3ccc(NC(=O)c4cccc(-c5ccn[nH]5)n4)cc3F)(C1)C2. The third-order valence-corrected chi connectivity index (χ3v) is 6.32. The van der Waals surface area contributed by atoms with Crippen LogP contribution >= 0.6 is 0 Å². The summed E-state index contributed by atoms with van der Waals surface area (Å²) in [5, 5.41) is 14.7. The molecule has 3 aromatic rings. The number of halogens is 1. The summed E-state index contributed by atoms with van der Waals surface area (Å²) in [4.78, 5) is 41.1. The molecule has 2 bridgehead atoms. The molecule has 2 aromatic heterocycles. The molecule has 3 fully saturated rings. The van der Waals surface area contributed by atoms with Crippen molar-refractivity contribution in [2.45, 2.75) is 24.8 Å². The number of anilines is 2. The van der Waals surface area contributed by atoms with E-state index in [1.165, 1.54) is 18.2 Å². The van der Waals surface area contributed by atoms with Crippen LogP contribution in [0.25, 0.3) is 11.4 Å². The second kappa shape index (κ2) is 7.91. The van der Waals surface area contributed by atoms with Gasteiger partial charge in [0, 0.05) is 17.4 Å². The molecular formula is C24H21FN6O3. The molecule has 9 nitrogen and oxygen atoms in total. The molecule has 3 saturated carbocycles. The zero-order valence-corrected chi connectivity index (χ0v) is 18.0. The lowest BCUT2D eigenvalue weighted by atomic mass is 9.39. The third-order valence-electron chi connectivity index (χ3n) is 6.32. The van der Waals surface area contributed by atoms with Gasteiger partial charge >= 0.3 is 0 Å². The van der Waals surface area contributed by atoms with E-state index in [0.717, 1.165) is 6.07 Å². The molecule has 6 rings (SSSR count). The predicted molar refractivity (Wildman–Crippen MR) is 122 cm³/mol. The van der Waals surface area contributed by atoms with Crippen LogP contribution in [0.4, 0.5) is 15.8 Å². The van der Waals surface area contributed by atoms with Crippen molar-refractivity contribution >= 4 is 29.1 Å². The fourth-order valence-electron chi connectivity index (χ4n) is 4.73. The van der Waals surface area contributed by atoms with Crippen LogP contribution in [0.1, 0.15) is 29.8 Å². The molecule has 3 aliphatic carbocycles. The van der Waals surface area contributed by atoms with E-state index < -0.39 is 17.1 Å². The molecule has 0 unspecified atom stereocenters. The number of nitrogens with one attached hydrogen (secondary N) is 4. The molecule has 0 radical (unpaired) electrons. The summed E-state index contributed by atoms with van der Waals surface area (Å²) in [6.07, 6.45) is 4.35. The lowest BCUT2D eigenvalue weighted by molar-refractivity contribution is -0.177. The highest BCUT2D eigenvalue weighted by Crippen LogP contribution is 2.67. The number of pyridine rings is 1. The summed E-state index contributed by atoms with van der Waals surface area (Å²) in [5.74, 6) is -1.72. The summed E-state index contributed by atoms with van der Waals surface area (Å²) in [5.41, 5.74) is 0.692. The van der Waals surface area contributed by atoms with Gasteiger partial charge in [0.25, 0.3) is 5.91 Å². The molecular weight excluding hydrogens is 439 g/mol. The number of aromatic amines is 1. The van der Waals surface area contributed by atoms with Gasteiger partial charge in [-0.3, -0.25) is 19.5 Å². The zero-order chi connectivity index (χ0) is 23.9. The quantitative estimate of drug-likeness (QED) is 0.403. The van der Waals surface area contributed by atoms with Gasteiger partial charge in [-0.1, -0.05) is 12.6 Å². The molecule has 0 spiro atoms. The van der Waals surface area contributed by atoms with Crippen molar-refractivity contribution in [3.63, 3.8) is 0 Å². The van der Waals surface area contributed by atoms with Crippen LogP contribution in [0, 0.1) is 11.2 Å². The molecule has 3 aliphatic rings. The summed E-state index contributed by atoms with van der Waals surface area (Å²) < 4.78 is 14.7. The Bertz CT molecular complexity index is 1300. The number of carbonyl (C=O) groups is 3. The number of hydrogen-bond acceptors (Lipinski definition) is 5. The highest BCUT2D eigenvalue weighted by molar-refractivity contribution is 6.03. The number of amides is 3. The van der Waals surface area contributed by atoms with Crippen molar-refractivity contribution < 1.29 is 18.8 Å². The first-order valence-electron chi connectivity index (χ1n) is 10.7. The van der Waals surface area contributed by atoms with E-state index in [1.807, 2.05) is 0 Å². The van der Waals surface area contributed by atoms with Crippen LogP contribution in [0.2, 0.25) is 0 Å². The molecule has 2 heterocycles. The van der Waals surface area contributed by atoms with Gasteiger partial charge in [0.15, 0.2) is 0 Å². The maximum absolute atomic E-state index is 14.7. The van der Waals surface area contributed by atoms with E-state index >= 15 is 0 Å². The number of H-pyrrole nitrogens is 1. The fourth-order valence-corrected chi connectivity index (χ4v) is 4.73. The molecule has 4 N–H and O–H groups in total. The number of hydrogen-bond donors (Lipinski definition) is 4. The minimum atomic E-state index is -0.674. The van der Waals surface area contributed by atoms with Gasteiger partial charge in [0.2, 0.25) is 11.8 Å². The van der Waals surface area contributed by atoms with Crippen LogP contribution in [-0.4, -0.2) is 38.4 Å². The van der Waals surface area contributed by atoms with E-state index in [9.17, 15) is 18.8 Å². The van der Waals surface area contributed by atoms with Crippen molar-refractivity contribution in [3.05, 3.63) is 72.8 Å². The number of carbonyl (C=O) groups excluding carboxylic acids is 3. The summed E-state index contributed by atoms with van der Waals surface area (Å²) in [7, 11) is 0. The van der Waals surface area contributed by atoms with Crippen LogP contribution < -0.4 is 16.0 Å². The van der Waals surface area contributed by atoms with Crippen LogP contribution in [0.5, 0.6) is 0 Å². The lowest BCUT2D eigenvalue weighted by Gasteiger charge is -2.69. The molecule has 1 aromatic carbocycles. The summed E-state index contributed by atoms with van der Waals surface area (Å²) in [6.45, 7) is 3.43. The summed E-state index contributed by atoms with van der Waals surface area (Å²) >= 11 is 0. The van der Waals surface area contributed by atoms with Crippen LogP contribution in [-0.2, 0) is 9.59 Å². The van der Waals surface area contributed by atoms with Gasteiger partial charge in [0.05, 0.1) is 22.5 Å². The summed E-state index contributed by atoms with van der Waals surface area (Å²) in [6, 6.07) is 10.8. The van der Waals surface area contributed by atoms with E-state index in [1.54, 1.807) is 30.5 Å². The lowest BCUT2D eigenvalue weighted by Crippen LogP contribution is -2.77. The monoisotopic (exact) mass is 460 g/mol. The first kappa shape index (κ1) is 21.5. The second-order valence-electron chi connectivity index (χ2n) is 8.77. The average Bonchev–Trinajstić information content (AvgIpc) is 3.32. The topological polar surface area (TPSA) is 129 Å². The highest BCUT2D eigenvalue weighted by atomic mass is 19.1. The number of aromatic nitrogens is 3. The van der Waals surface area contributed by atoms with Gasteiger partial charge < -0.3 is 16.0 Å². The molecule has 172 valence electrons. The Kier molecular flexibility index (Phi) is 5.00. The van der Waals surface area contributed by atoms with Gasteiger partial charge in [-0.15, -0.1) is 0 Å². The van der Waals surface area contributed by atoms with Crippen molar-refractivity contribution in [1.29, 1.82) is 0 Å². The normalized spacial score (nSPS) is 22.0. The van der Waals surface area contributed by atoms with E-state index in [4.69, 9.17) is 0 Å². The molecule has 10 heteroatoms. The van der Waals surface area contributed by atoms with E-state index in [2.05, 4.69) is 37.7 Å². The zero-order valence-electron chi connectivity index (χ0n) is 18.0. The minimum absolute atomic E-state index is 0.0243. The van der Waals surface area contributed by atoms with Gasteiger partial charge in [-0.2, -0.15) is 5.10 Å². The molecule has 34 heavy (non-hydrogen) atoms. The maximum atomic E-state index is 14.7. The van der Waals surface area contributed by atoms with Crippen molar-refractivity contribution in [2.24, 2.45) is 5.41 Å². The fraction of sp³-hybridized carbons (Fsp3) is 0.208. The first-order valence-corrected chi connectivity index (χ1v) is 10.7. The Morgan fingerprint density at radius 2 is 1.88 bits per heavy atom. The molecule has 0 atom stereocenters. The van der Waals surface area contributed by atoms with Crippen molar-refractivity contribution in [1.82, 2.24) is 20.5 Å². The molecule has 0 aliphatic heterocycles. The number of benzene rings is 1. The molecule has 3 amide bonds. The van der Waals surface area contributed by atoms with E-state index in [0.29, 0.717) is 30.7 Å². The Labute approximate surface area is 193 Å². The van der Waals surface area contributed by atoms with E-state index in [-0.39, 0.29) is 34.4 Å². The average molecular weight is 460 g/mol. The van der Waals surface area contributed by atoms with Crippen molar-refractivity contribution in [3.8, 4) is 11.4 Å². The maximum Gasteiger partial charge on any atom is 0.274 e. The predicted octanol–water partition coefficient (Wildman–Crippen LogP) is 3.03.